The lowest BCUT2D eigenvalue weighted by atomic mass is 10.1. The molecule has 1 aliphatic heterocycles. The molecule has 3 N–H and O–H groups in total. The van der Waals surface area contributed by atoms with Crippen LogP contribution in [0.4, 0.5) is 0 Å². The van der Waals surface area contributed by atoms with E-state index in [4.69, 9.17) is 11.1 Å². The highest BCUT2D eigenvalue weighted by Crippen LogP contribution is 2.24. The Kier molecular flexibility index (Phi) is 4.43. The van der Waals surface area contributed by atoms with Crippen molar-refractivity contribution in [2.45, 2.75) is 33.4 Å². The molecule has 0 amide bonds. The monoisotopic (exact) mass is 260 g/mol. The van der Waals surface area contributed by atoms with Crippen molar-refractivity contribution in [3.8, 4) is 0 Å². The summed E-state index contributed by atoms with van der Waals surface area (Å²) in [5, 5.41) is 8.38. The molecule has 0 bridgehead atoms. The van der Waals surface area contributed by atoms with E-state index in [9.17, 15) is 0 Å². The third-order valence-corrected chi connectivity index (χ3v) is 3.58. The number of hydrogen-bond donors (Lipinski definition) is 2. The maximum absolute atomic E-state index is 8.38. The van der Waals surface area contributed by atoms with E-state index in [1.807, 2.05) is 0 Å². The van der Waals surface area contributed by atoms with Crippen molar-refractivity contribution in [1.29, 1.82) is 5.41 Å². The van der Waals surface area contributed by atoms with Crippen LogP contribution in [0.15, 0.2) is 18.2 Å². The quantitative estimate of drug-likeness (QED) is 0.642. The van der Waals surface area contributed by atoms with Crippen molar-refractivity contribution in [3.05, 3.63) is 34.9 Å². The Balaban J connectivity index is 2.06. The van der Waals surface area contributed by atoms with Crippen LogP contribution in [0.3, 0.4) is 0 Å². The van der Waals surface area contributed by atoms with E-state index < -0.39 is 0 Å². The van der Waals surface area contributed by atoms with Crippen LogP contribution < -0.4 is 5.73 Å². The Morgan fingerprint density at radius 2 is 2.05 bits per heavy atom. The largest absolute Gasteiger partial charge is 0.342 e. The SMILES string of the molecule is CCCN(CCN)C(=N)N1Cc2ccc(C)cc2C1. The van der Waals surface area contributed by atoms with Crippen LogP contribution in [-0.4, -0.2) is 35.4 Å². The van der Waals surface area contributed by atoms with Crippen molar-refractivity contribution >= 4 is 5.96 Å². The molecule has 0 radical (unpaired) electrons. The molecule has 19 heavy (non-hydrogen) atoms. The van der Waals surface area contributed by atoms with Crippen LogP contribution in [-0.2, 0) is 13.1 Å². The smallest absolute Gasteiger partial charge is 0.194 e. The minimum atomic E-state index is 0.599. The zero-order valence-corrected chi connectivity index (χ0v) is 11.9. The first-order chi connectivity index (χ1) is 9.15. The molecule has 1 aliphatic rings. The molecular formula is C15H24N4. The number of nitrogens with one attached hydrogen (secondary N) is 1. The Bertz CT molecular complexity index is 449. The summed E-state index contributed by atoms with van der Waals surface area (Å²) >= 11 is 0. The Hall–Kier alpha value is -1.55. The summed E-state index contributed by atoms with van der Waals surface area (Å²) in [7, 11) is 0. The van der Waals surface area contributed by atoms with E-state index in [0.29, 0.717) is 12.5 Å². The Morgan fingerprint density at radius 3 is 2.74 bits per heavy atom. The van der Waals surface area contributed by atoms with Gasteiger partial charge in [-0.15, -0.1) is 0 Å². The van der Waals surface area contributed by atoms with Gasteiger partial charge in [-0.25, -0.2) is 0 Å². The minimum Gasteiger partial charge on any atom is -0.342 e. The van der Waals surface area contributed by atoms with Gasteiger partial charge in [-0.05, 0) is 24.5 Å². The highest BCUT2D eigenvalue weighted by molar-refractivity contribution is 5.77. The van der Waals surface area contributed by atoms with Gasteiger partial charge in [0.2, 0.25) is 0 Å². The molecule has 0 unspecified atom stereocenters. The van der Waals surface area contributed by atoms with Gasteiger partial charge in [0.15, 0.2) is 5.96 Å². The number of fused-ring (bicyclic) bond motifs is 1. The molecule has 0 aromatic heterocycles. The molecule has 104 valence electrons. The minimum absolute atomic E-state index is 0.599. The van der Waals surface area contributed by atoms with Gasteiger partial charge >= 0.3 is 0 Å². The van der Waals surface area contributed by atoms with E-state index in [0.717, 1.165) is 32.6 Å². The summed E-state index contributed by atoms with van der Waals surface area (Å²) < 4.78 is 0. The van der Waals surface area contributed by atoms with Crippen LogP contribution in [0.5, 0.6) is 0 Å². The zero-order valence-electron chi connectivity index (χ0n) is 11.9. The standard InChI is InChI=1S/C15H24N4/c1-3-7-18(8-6-16)15(17)19-10-13-5-4-12(2)9-14(13)11-19/h4-5,9,17H,3,6-8,10-11,16H2,1-2H3. The molecule has 0 fully saturated rings. The normalized spacial score (nSPS) is 13.5. The molecule has 1 aromatic carbocycles. The first-order valence-corrected chi connectivity index (χ1v) is 7.02. The number of aryl methyl sites for hydroxylation is 1. The molecule has 0 saturated carbocycles. The molecule has 4 heteroatoms. The first kappa shape index (κ1) is 13.9. The third kappa shape index (κ3) is 3.07. The Morgan fingerprint density at radius 1 is 1.32 bits per heavy atom. The number of nitrogens with two attached hydrogens (primary N) is 1. The van der Waals surface area contributed by atoms with Gasteiger partial charge in [0.1, 0.15) is 0 Å². The van der Waals surface area contributed by atoms with Gasteiger partial charge in [-0.2, -0.15) is 0 Å². The van der Waals surface area contributed by atoms with Gasteiger partial charge in [0.25, 0.3) is 0 Å². The summed E-state index contributed by atoms with van der Waals surface area (Å²) in [5.41, 5.74) is 9.64. The first-order valence-electron chi connectivity index (χ1n) is 7.02. The van der Waals surface area contributed by atoms with Crippen molar-refractivity contribution in [3.63, 3.8) is 0 Å². The fourth-order valence-corrected chi connectivity index (χ4v) is 2.62. The second kappa shape index (κ2) is 6.06. The molecule has 0 spiro atoms. The fourth-order valence-electron chi connectivity index (χ4n) is 2.62. The van der Waals surface area contributed by atoms with E-state index >= 15 is 0 Å². The van der Waals surface area contributed by atoms with Gasteiger partial charge in [-0.1, -0.05) is 30.7 Å². The summed E-state index contributed by atoms with van der Waals surface area (Å²) in [6, 6.07) is 6.57. The highest BCUT2D eigenvalue weighted by atomic mass is 15.4. The van der Waals surface area contributed by atoms with Crippen LogP contribution in [0.1, 0.15) is 30.0 Å². The van der Waals surface area contributed by atoms with Gasteiger partial charge in [-0.3, -0.25) is 5.41 Å². The van der Waals surface area contributed by atoms with E-state index in [1.54, 1.807) is 0 Å². The second-order valence-electron chi connectivity index (χ2n) is 5.23. The lowest BCUT2D eigenvalue weighted by molar-refractivity contribution is 0.322. The van der Waals surface area contributed by atoms with Crippen molar-refractivity contribution in [2.75, 3.05) is 19.6 Å². The average Bonchev–Trinajstić information content (AvgIpc) is 2.80. The Labute approximate surface area is 115 Å². The number of guanidine groups is 1. The lowest BCUT2D eigenvalue weighted by Crippen LogP contribution is -2.43. The average molecular weight is 260 g/mol. The summed E-state index contributed by atoms with van der Waals surface area (Å²) in [6.07, 6.45) is 1.04. The predicted molar refractivity (Wildman–Crippen MR) is 79.1 cm³/mol. The van der Waals surface area contributed by atoms with Gasteiger partial charge in [0, 0.05) is 32.7 Å². The second-order valence-corrected chi connectivity index (χ2v) is 5.23. The zero-order chi connectivity index (χ0) is 13.8. The number of nitrogens with zero attached hydrogens (tertiary/aromatic N) is 2. The molecule has 0 aliphatic carbocycles. The highest BCUT2D eigenvalue weighted by Gasteiger charge is 2.23. The molecule has 0 atom stereocenters. The summed E-state index contributed by atoms with van der Waals surface area (Å²) in [6.45, 7) is 8.22. The number of rotatable bonds is 4. The molecule has 2 rings (SSSR count). The third-order valence-electron chi connectivity index (χ3n) is 3.58. The van der Waals surface area contributed by atoms with E-state index in [2.05, 4.69) is 41.8 Å². The summed E-state index contributed by atoms with van der Waals surface area (Å²) in [5.74, 6) is 0.612. The fraction of sp³-hybridized carbons (Fsp3) is 0.533. The summed E-state index contributed by atoms with van der Waals surface area (Å²) in [4.78, 5) is 4.22. The molecule has 4 nitrogen and oxygen atoms in total. The maximum atomic E-state index is 8.38. The number of benzene rings is 1. The van der Waals surface area contributed by atoms with Gasteiger partial charge in [0.05, 0.1) is 0 Å². The van der Waals surface area contributed by atoms with E-state index in [-0.39, 0.29) is 0 Å². The molecule has 0 saturated heterocycles. The maximum Gasteiger partial charge on any atom is 0.194 e. The van der Waals surface area contributed by atoms with Crippen molar-refractivity contribution < 1.29 is 0 Å². The number of hydrogen-bond acceptors (Lipinski definition) is 2. The van der Waals surface area contributed by atoms with Crippen LogP contribution in [0.25, 0.3) is 0 Å². The van der Waals surface area contributed by atoms with Gasteiger partial charge < -0.3 is 15.5 Å². The van der Waals surface area contributed by atoms with Crippen LogP contribution in [0.2, 0.25) is 0 Å². The lowest BCUT2D eigenvalue weighted by Gasteiger charge is -2.30. The van der Waals surface area contributed by atoms with Crippen LogP contribution >= 0.6 is 0 Å². The van der Waals surface area contributed by atoms with E-state index in [1.165, 1.54) is 16.7 Å². The molecule has 1 heterocycles. The molecular weight excluding hydrogens is 236 g/mol. The van der Waals surface area contributed by atoms with Crippen molar-refractivity contribution in [2.24, 2.45) is 5.73 Å². The topological polar surface area (TPSA) is 56.4 Å². The predicted octanol–water partition coefficient (Wildman–Crippen LogP) is 1.92. The van der Waals surface area contributed by atoms with Crippen LogP contribution in [0, 0.1) is 12.3 Å². The van der Waals surface area contributed by atoms with Crippen molar-refractivity contribution in [1.82, 2.24) is 9.80 Å². The molecule has 1 aromatic rings.